The minimum absolute atomic E-state index is 0.697. The third kappa shape index (κ3) is 3.08. The van der Waals surface area contributed by atoms with Gasteiger partial charge in [-0.1, -0.05) is 0 Å². The number of nitrogens with zero attached hydrogens (tertiary/aromatic N) is 1. The first-order valence-corrected chi connectivity index (χ1v) is 6.83. The van der Waals surface area contributed by atoms with E-state index in [1.807, 2.05) is 19.2 Å². The SMILES string of the molecule is CNCc1occc1CN(Cc1ccco1)C1CC1. The molecule has 1 fully saturated rings. The summed E-state index contributed by atoms with van der Waals surface area (Å²) >= 11 is 0. The van der Waals surface area contributed by atoms with Crippen molar-refractivity contribution in [1.82, 2.24) is 10.2 Å². The van der Waals surface area contributed by atoms with Crippen LogP contribution in [0.3, 0.4) is 0 Å². The molecule has 4 heteroatoms. The number of furan rings is 2. The van der Waals surface area contributed by atoms with E-state index in [4.69, 9.17) is 8.83 Å². The van der Waals surface area contributed by atoms with Crippen LogP contribution < -0.4 is 5.32 Å². The maximum Gasteiger partial charge on any atom is 0.122 e. The first-order chi connectivity index (χ1) is 9.36. The van der Waals surface area contributed by atoms with Gasteiger partial charge in [-0.3, -0.25) is 4.90 Å². The van der Waals surface area contributed by atoms with E-state index >= 15 is 0 Å². The largest absolute Gasteiger partial charge is 0.468 e. The highest BCUT2D eigenvalue weighted by Gasteiger charge is 2.30. The highest BCUT2D eigenvalue weighted by atomic mass is 16.3. The molecule has 1 aliphatic carbocycles. The van der Waals surface area contributed by atoms with Gasteiger partial charge in [0, 0.05) is 18.2 Å². The molecular weight excluding hydrogens is 240 g/mol. The van der Waals surface area contributed by atoms with Crippen molar-refractivity contribution >= 4 is 0 Å². The summed E-state index contributed by atoms with van der Waals surface area (Å²) in [5.41, 5.74) is 1.27. The Hall–Kier alpha value is -1.52. The van der Waals surface area contributed by atoms with Gasteiger partial charge in [0.05, 0.1) is 25.6 Å². The average molecular weight is 260 g/mol. The Bertz CT molecular complexity index is 500. The fourth-order valence-electron chi connectivity index (χ4n) is 2.40. The minimum Gasteiger partial charge on any atom is -0.468 e. The quantitative estimate of drug-likeness (QED) is 0.831. The van der Waals surface area contributed by atoms with Crippen LogP contribution in [0.2, 0.25) is 0 Å². The molecule has 1 N–H and O–H groups in total. The Morgan fingerprint density at radius 3 is 2.79 bits per heavy atom. The molecule has 0 amide bonds. The molecule has 2 heterocycles. The maximum absolute atomic E-state index is 5.53. The summed E-state index contributed by atoms with van der Waals surface area (Å²) in [5.74, 6) is 2.07. The highest BCUT2D eigenvalue weighted by molar-refractivity contribution is 5.17. The van der Waals surface area contributed by atoms with Gasteiger partial charge >= 0.3 is 0 Å². The first kappa shape index (κ1) is 12.5. The zero-order valence-corrected chi connectivity index (χ0v) is 11.3. The molecule has 2 aromatic heterocycles. The number of rotatable bonds is 7. The van der Waals surface area contributed by atoms with Gasteiger partial charge in [0.15, 0.2) is 0 Å². The monoisotopic (exact) mass is 260 g/mol. The van der Waals surface area contributed by atoms with Crippen molar-refractivity contribution < 1.29 is 8.83 Å². The Morgan fingerprint density at radius 2 is 2.11 bits per heavy atom. The molecule has 3 rings (SSSR count). The lowest BCUT2D eigenvalue weighted by atomic mass is 10.2. The first-order valence-electron chi connectivity index (χ1n) is 6.83. The molecule has 19 heavy (non-hydrogen) atoms. The van der Waals surface area contributed by atoms with E-state index in [1.54, 1.807) is 12.5 Å². The van der Waals surface area contributed by atoms with E-state index in [-0.39, 0.29) is 0 Å². The van der Waals surface area contributed by atoms with Crippen molar-refractivity contribution in [2.45, 2.75) is 38.5 Å². The summed E-state index contributed by atoms with van der Waals surface area (Å²) < 4.78 is 11.0. The lowest BCUT2D eigenvalue weighted by molar-refractivity contribution is 0.223. The van der Waals surface area contributed by atoms with Gasteiger partial charge in [0.2, 0.25) is 0 Å². The van der Waals surface area contributed by atoms with Crippen LogP contribution in [0, 0.1) is 0 Å². The summed E-state index contributed by atoms with van der Waals surface area (Å²) in [7, 11) is 1.94. The maximum atomic E-state index is 5.53. The molecule has 1 aliphatic rings. The van der Waals surface area contributed by atoms with E-state index in [1.165, 1.54) is 18.4 Å². The second kappa shape index (κ2) is 5.63. The summed E-state index contributed by atoms with van der Waals surface area (Å²) in [4.78, 5) is 2.48. The second-order valence-corrected chi connectivity index (χ2v) is 5.11. The van der Waals surface area contributed by atoms with E-state index in [9.17, 15) is 0 Å². The number of hydrogen-bond acceptors (Lipinski definition) is 4. The number of hydrogen-bond donors (Lipinski definition) is 1. The molecule has 0 bridgehead atoms. The van der Waals surface area contributed by atoms with Crippen LogP contribution in [0.5, 0.6) is 0 Å². The van der Waals surface area contributed by atoms with Crippen LogP contribution in [-0.2, 0) is 19.6 Å². The Kier molecular flexibility index (Phi) is 3.71. The predicted octanol–water partition coefficient (Wildman–Crippen LogP) is 2.76. The summed E-state index contributed by atoms with van der Waals surface area (Å²) in [6.07, 6.45) is 6.10. The van der Waals surface area contributed by atoms with E-state index in [0.717, 1.165) is 31.2 Å². The third-order valence-corrected chi connectivity index (χ3v) is 3.55. The Morgan fingerprint density at radius 1 is 1.21 bits per heavy atom. The molecule has 0 unspecified atom stereocenters. The van der Waals surface area contributed by atoms with Crippen molar-refractivity contribution in [2.75, 3.05) is 7.05 Å². The van der Waals surface area contributed by atoms with Crippen LogP contribution >= 0.6 is 0 Å². The topological polar surface area (TPSA) is 41.6 Å². The molecule has 0 saturated heterocycles. The lowest BCUT2D eigenvalue weighted by Gasteiger charge is -2.20. The van der Waals surface area contributed by atoms with Gasteiger partial charge in [-0.2, -0.15) is 0 Å². The Labute approximate surface area is 113 Å². The van der Waals surface area contributed by atoms with Crippen LogP contribution in [0.1, 0.15) is 29.9 Å². The summed E-state index contributed by atoms with van der Waals surface area (Å²) in [6.45, 7) is 2.59. The Balaban J connectivity index is 1.69. The molecule has 0 spiro atoms. The normalized spacial score (nSPS) is 15.3. The second-order valence-electron chi connectivity index (χ2n) is 5.11. The molecule has 0 aromatic carbocycles. The smallest absolute Gasteiger partial charge is 0.122 e. The third-order valence-electron chi connectivity index (χ3n) is 3.55. The van der Waals surface area contributed by atoms with Crippen LogP contribution in [0.25, 0.3) is 0 Å². The van der Waals surface area contributed by atoms with Crippen molar-refractivity contribution in [2.24, 2.45) is 0 Å². The van der Waals surface area contributed by atoms with Crippen molar-refractivity contribution in [1.29, 1.82) is 0 Å². The fraction of sp³-hybridized carbons (Fsp3) is 0.467. The van der Waals surface area contributed by atoms with Crippen LogP contribution in [-0.4, -0.2) is 18.0 Å². The summed E-state index contributed by atoms with van der Waals surface area (Å²) in [5, 5.41) is 3.14. The highest BCUT2D eigenvalue weighted by Crippen LogP contribution is 2.30. The van der Waals surface area contributed by atoms with Gasteiger partial charge in [-0.15, -0.1) is 0 Å². The molecule has 102 valence electrons. The van der Waals surface area contributed by atoms with Crippen molar-refractivity contribution in [3.63, 3.8) is 0 Å². The van der Waals surface area contributed by atoms with Crippen molar-refractivity contribution in [3.8, 4) is 0 Å². The molecule has 0 aliphatic heterocycles. The zero-order chi connectivity index (χ0) is 13.1. The molecular formula is C15H20N2O2. The molecule has 2 aromatic rings. The fourth-order valence-corrected chi connectivity index (χ4v) is 2.40. The molecule has 4 nitrogen and oxygen atoms in total. The lowest BCUT2D eigenvalue weighted by Crippen LogP contribution is -2.25. The zero-order valence-electron chi connectivity index (χ0n) is 11.3. The van der Waals surface area contributed by atoms with Gasteiger partial charge in [-0.25, -0.2) is 0 Å². The van der Waals surface area contributed by atoms with Crippen LogP contribution in [0.15, 0.2) is 39.6 Å². The molecule has 0 radical (unpaired) electrons. The molecule has 1 saturated carbocycles. The van der Waals surface area contributed by atoms with Gasteiger partial charge < -0.3 is 14.2 Å². The van der Waals surface area contributed by atoms with E-state index < -0.39 is 0 Å². The van der Waals surface area contributed by atoms with Crippen molar-refractivity contribution in [3.05, 3.63) is 47.8 Å². The van der Waals surface area contributed by atoms with E-state index in [2.05, 4.69) is 16.3 Å². The standard InChI is InChI=1S/C15H20N2O2/c1-16-9-15-12(6-8-19-15)10-17(13-4-5-13)11-14-3-2-7-18-14/h2-3,6-8,13,16H,4-5,9-11H2,1H3. The van der Waals surface area contributed by atoms with Crippen LogP contribution in [0.4, 0.5) is 0 Å². The van der Waals surface area contributed by atoms with E-state index in [0.29, 0.717) is 6.04 Å². The summed E-state index contributed by atoms with van der Waals surface area (Å²) in [6, 6.07) is 6.76. The molecule has 0 atom stereocenters. The minimum atomic E-state index is 0.697. The van der Waals surface area contributed by atoms with Gasteiger partial charge in [0.1, 0.15) is 11.5 Å². The van der Waals surface area contributed by atoms with Gasteiger partial charge in [0.25, 0.3) is 0 Å². The van der Waals surface area contributed by atoms with Gasteiger partial charge in [-0.05, 0) is 38.1 Å². The average Bonchev–Trinajstić information content (AvgIpc) is 2.96. The predicted molar refractivity (Wildman–Crippen MR) is 72.4 cm³/mol. The number of nitrogens with one attached hydrogen (secondary N) is 1.